The minimum absolute atomic E-state index is 0.167. The van der Waals surface area contributed by atoms with E-state index < -0.39 is 17.6 Å². The van der Waals surface area contributed by atoms with Crippen LogP contribution in [0.25, 0.3) is 5.69 Å². The van der Waals surface area contributed by atoms with Gasteiger partial charge in [-0.05, 0) is 36.4 Å². The average molecular weight is 340 g/mol. The van der Waals surface area contributed by atoms with Gasteiger partial charge in [0.1, 0.15) is 5.82 Å². The maximum atomic E-state index is 12.8. The van der Waals surface area contributed by atoms with E-state index in [1.165, 1.54) is 23.0 Å². The van der Waals surface area contributed by atoms with Crippen molar-refractivity contribution in [2.75, 3.05) is 0 Å². The molecule has 0 saturated heterocycles. The van der Waals surface area contributed by atoms with Crippen molar-refractivity contribution in [2.45, 2.75) is 0 Å². The quantitative estimate of drug-likeness (QED) is 0.633. The summed E-state index contributed by atoms with van der Waals surface area (Å²) in [5.41, 5.74) is 4.90. The lowest BCUT2D eigenvalue weighted by atomic mass is 10.2. The zero-order valence-electron chi connectivity index (χ0n) is 12.8. The lowest BCUT2D eigenvalue weighted by Gasteiger charge is -2.06. The van der Waals surface area contributed by atoms with Crippen LogP contribution in [0.2, 0.25) is 0 Å². The molecule has 126 valence electrons. The number of halogens is 1. The van der Waals surface area contributed by atoms with Gasteiger partial charge in [-0.3, -0.25) is 20.4 Å². The Morgan fingerprint density at radius 3 is 2.28 bits per heavy atom. The number of aromatic nitrogens is 2. The summed E-state index contributed by atoms with van der Waals surface area (Å²) in [5, 5.41) is 13.9. The zero-order chi connectivity index (χ0) is 17.8. The van der Waals surface area contributed by atoms with E-state index in [-0.39, 0.29) is 17.0 Å². The summed E-state index contributed by atoms with van der Waals surface area (Å²) < 4.78 is 14.2. The van der Waals surface area contributed by atoms with Crippen molar-refractivity contribution in [3.05, 3.63) is 77.9 Å². The molecule has 1 aromatic heterocycles. The van der Waals surface area contributed by atoms with Gasteiger partial charge in [0.05, 0.1) is 11.9 Å². The fraction of sp³-hybridized carbons (Fsp3) is 0. The molecule has 0 radical (unpaired) electrons. The van der Waals surface area contributed by atoms with Crippen molar-refractivity contribution < 1.29 is 19.1 Å². The molecule has 7 nitrogen and oxygen atoms in total. The van der Waals surface area contributed by atoms with Gasteiger partial charge in [0.25, 0.3) is 11.8 Å². The molecular formula is C17H13FN4O3. The smallest absolute Gasteiger partial charge is 0.294 e. The molecule has 0 unspecified atom stereocenters. The second kappa shape index (κ2) is 6.83. The standard InChI is InChI=1S/C17H13FN4O3/c18-12-8-6-11(7-9-12)16(24)19-20-17(25)15-14(23)10-22(21-15)13-4-2-1-3-5-13/h1-10,23H,(H,19,24)(H,20,25). The lowest BCUT2D eigenvalue weighted by Crippen LogP contribution is -2.41. The van der Waals surface area contributed by atoms with Crippen LogP contribution >= 0.6 is 0 Å². The highest BCUT2D eigenvalue weighted by Gasteiger charge is 2.18. The number of nitrogens with one attached hydrogen (secondary N) is 2. The highest BCUT2D eigenvalue weighted by Crippen LogP contribution is 2.17. The van der Waals surface area contributed by atoms with Crippen molar-refractivity contribution in [3.63, 3.8) is 0 Å². The van der Waals surface area contributed by atoms with Gasteiger partial charge < -0.3 is 5.11 Å². The fourth-order valence-corrected chi connectivity index (χ4v) is 2.09. The van der Waals surface area contributed by atoms with Crippen LogP contribution in [0.4, 0.5) is 4.39 Å². The van der Waals surface area contributed by atoms with Crippen LogP contribution in [0, 0.1) is 5.82 Å². The Kier molecular flexibility index (Phi) is 4.42. The van der Waals surface area contributed by atoms with Crippen molar-refractivity contribution in [1.29, 1.82) is 0 Å². The number of nitrogens with zero attached hydrogens (tertiary/aromatic N) is 2. The normalized spacial score (nSPS) is 10.3. The maximum Gasteiger partial charge on any atom is 0.294 e. The van der Waals surface area contributed by atoms with E-state index in [1.54, 1.807) is 24.3 Å². The summed E-state index contributed by atoms with van der Waals surface area (Å²) in [7, 11) is 0. The van der Waals surface area contributed by atoms with E-state index in [2.05, 4.69) is 16.0 Å². The van der Waals surface area contributed by atoms with E-state index in [4.69, 9.17) is 0 Å². The first-order chi connectivity index (χ1) is 12.0. The van der Waals surface area contributed by atoms with Crippen molar-refractivity contribution in [3.8, 4) is 11.4 Å². The molecular weight excluding hydrogens is 327 g/mol. The number of hydrogen-bond donors (Lipinski definition) is 3. The first-order valence-electron chi connectivity index (χ1n) is 7.25. The van der Waals surface area contributed by atoms with Gasteiger partial charge in [0.2, 0.25) is 0 Å². The second-order valence-electron chi connectivity index (χ2n) is 5.06. The van der Waals surface area contributed by atoms with E-state index in [9.17, 15) is 19.1 Å². The van der Waals surface area contributed by atoms with Crippen LogP contribution in [0.5, 0.6) is 5.75 Å². The third-order valence-electron chi connectivity index (χ3n) is 3.33. The van der Waals surface area contributed by atoms with Gasteiger partial charge in [0, 0.05) is 5.56 Å². The number of aromatic hydroxyl groups is 1. The van der Waals surface area contributed by atoms with Crippen LogP contribution in [-0.4, -0.2) is 26.7 Å². The monoisotopic (exact) mass is 340 g/mol. The fourth-order valence-electron chi connectivity index (χ4n) is 2.09. The second-order valence-corrected chi connectivity index (χ2v) is 5.06. The Morgan fingerprint density at radius 1 is 0.960 bits per heavy atom. The number of hydrazine groups is 1. The Hall–Kier alpha value is -3.68. The number of para-hydroxylation sites is 1. The molecule has 0 atom stereocenters. The predicted molar refractivity (Wildman–Crippen MR) is 86.6 cm³/mol. The number of carbonyl (C=O) groups excluding carboxylic acids is 2. The molecule has 0 aliphatic rings. The van der Waals surface area contributed by atoms with Crippen molar-refractivity contribution in [2.24, 2.45) is 0 Å². The average Bonchev–Trinajstić information content (AvgIpc) is 3.02. The molecule has 2 amide bonds. The zero-order valence-corrected chi connectivity index (χ0v) is 12.8. The third kappa shape index (κ3) is 3.63. The highest BCUT2D eigenvalue weighted by molar-refractivity contribution is 5.99. The molecule has 0 bridgehead atoms. The van der Waals surface area contributed by atoms with Gasteiger partial charge >= 0.3 is 0 Å². The molecule has 3 N–H and O–H groups in total. The van der Waals surface area contributed by atoms with Crippen LogP contribution in [0.15, 0.2) is 60.8 Å². The molecule has 0 saturated carbocycles. The molecule has 3 rings (SSSR count). The van der Waals surface area contributed by atoms with Crippen LogP contribution in [-0.2, 0) is 0 Å². The molecule has 0 spiro atoms. The predicted octanol–water partition coefficient (Wildman–Crippen LogP) is 1.79. The van der Waals surface area contributed by atoms with Crippen LogP contribution < -0.4 is 10.9 Å². The molecule has 8 heteroatoms. The first-order valence-corrected chi connectivity index (χ1v) is 7.25. The Bertz CT molecular complexity index is 907. The van der Waals surface area contributed by atoms with E-state index in [1.807, 2.05) is 6.07 Å². The minimum Gasteiger partial charge on any atom is -0.504 e. The Labute approximate surface area is 141 Å². The van der Waals surface area contributed by atoms with E-state index in [0.717, 1.165) is 12.1 Å². The van der Waals surface area contributed by atoms with E-state index >= 15 is 0 Å². The molecule has 1 heterocycles. The molecule has 3 aromatic rings. The van der Waals surface area contributed by atoms with Gasteiger partial charge in [-0.15, -0.1) is 0 Å². The SMILES string of the molecule is O=C(NNC(=O)c1nn(-c2ccccc2)cc1O)c1ccc(F)cc1. The molecule has 2 aromatic carbocycles. The van der Waals surface area contributed by atoms with Crippen LogP contribution in [0.1, 0.15) is 20.8 Å². The third-order valence-corrected chi connectivity index (χ3v) is 3.33. The summed E-state index contributed by atoms with van der Waals surface area (Å²) in [6.45, 7) is 0. The minimum atomic E-state index is -0.789. The lowest BCUT2D eigenvalue weighted by molar-refractivity contribution is 0.0842. The van der Waals surface area contributed by atoms with Crippen molar-refractivity contribution in [1.82, 2.24) is 20.6 Å². The summed E-state index contributed by atoms with van der Waals surface area (Å²) in [4.78, 5) is 23.9. The van der Waals surface area contributed by atoms with Gasteiger partial charge in [-0.1, -0.05) is 18.2 Å². The van der Waals surface area contributed by atoms with Gasteiger partial charge in [-0.25, -0.2) is 9.07 Å². The highest BCUT2D eigenvalue weighted by atomic mass is 19.1. The van der Waals surface area contributed by atoms with E-state index in [0.29, 0.717) is 5.69 Å². The summed E-state index contributed by atoms with van der Waals surface area (Å²) >= 11 is 0. The summed E-state index contributed by atoms with van der Waals surface area (Å²) in [6.07, 6.45) is 1.28. The summed E-state index contributed by atoms with van der Waals surface area (Å²) in [5.74, 6) is -2.23. The number of rotatable bonds is 3. The summed E-state index contributed by atoms with van der Waals surface area (Å²) in [6, 6.07) is 13.7. The molecule has 0 aliphatic heterocycles. The maximum absolute atomic E-state index is 12.8. The topological polar surface area (TPSA) is 96.3 Å². The largest absolute Gasteiger partial charge is 0.504 e. The van der Waals surface area contributed by atoms with Gasteiger partial charge in [-0.2, -0.15) is 5.10 Å². The first kappa shape index (κ1) is 16.2. The molecule has 0 fully saturated rings. The van der Waals surface area contributed by atoms with Gasteiger partial charge in [0.15, 0.2) is 11.4 Å². The Balaban J connectivity index is 1.68. The number of benzene rings is 2. The number of carbonyl (C=O) groups is 2. The number of amides is 2. The molecule has 25 heavy (non-hydrogen) atoms. The molecule has 0 aliphatic carbocycles. The number of hydrogen-bond acceptors (Lipinski definition) is 4. The Morgan fingerprint density at radius 2 is 1.60 bits per heavy atom. The van der Waals surface area contributed by atoms with Crippen LogP contribution in [0.3, 0.4) is 0 Å². The van der Waals surface area contributed by atoms with Crippen molar-refractivity contribution >= 4 is 11.8 Å².